The highest BCUT2D eigenvalue weighted by Gasteiger charge is 2.21. The second-order valence-corrected chi connectivity index (χ2v) is 5.20. The fourth-order valence-electron chi connectivity index (χ4n) is 2.65. The van der Waals surface area contributed by atoms with E-state index in [4.69, 9.17) is 4.74 Å². The van der Waals surface area contributed by atoms with E-state index in [9.17, 15) is 0 Å². The third-order valence-electron chi connectivity index (χ3n) is 3.68. The molecule has 0 spiro atoms. The number of hydrogen-bond donors (Lipinski definition) is 1. The molecule has 0 amide bonds. The van der Waals surface area contributed by atoms with E-state index in [-0.39, 0.29) is 0 Å². The van der Waals surface area contributed by atoms with Crippen molar-refractivity contribution in [1.82, 2.24) is 0 Å². The van der Waals surface area contributed by atoms with Crippen LogP contribution >= 0.6 is 0 Å². The SMILES string of the molecule is CCCC1CC(Nc2cccc(CC)c2)CCO1. The minimum Gasteiger partial charge on any atom is -0.382 e. The molecule has 0 saturated carbocycles. The molecule has 1 N–H and O–H groups in total. The zero-order valence-corrected chi connectivity index (χ0v) is 11.6. The normalized spacial score (nSPS) is 23.9. The van der Waals surface area contributed by atoms with Crippen LogP contribution in [0, 0.1) is 0 Å². The predicted molar refractivity (Wildman–Crippen MR) is 77.1 cm³/mol. The quantitative estimate of drug-likeness (QED) is 0.849. The van der Waals surface area contributed by atoms with Gasteiger partial charge < -0.3 is 10.1 Å². The first kappa shape index (κ1) is 13.4. The summed E-state index contributed by atoms with van der Waals surface area (Å²) in [6.45, 7) is 5.33. The maximum Gasteiger partial charge on any atom is 0.0594 e. The Morgan fingerprint density at radius 2 is 2.22 bits per heavy atom. The number of aryl methyl sites for hydroxylation is 1. The van der Waals surface area contributed by atoms with Crippen molar-refractivity contribution in [2.75, 3.05) is 11.9 Å². The van der Waals surface area contributed by atoms with Gasteiger partial charge in [-0.3, -0.25) is 0 Å². The first-order valence-corrected chi connectivity index (χ1v) is 7.29. The van der Waals surface area contributed by atoms with Gasteiger partial charge in [-0.05, 0) is 43.4 Å². The van der Waals surface area contributed by atoms with Crippen LogP contribution in [0.1, 0.15) is 45.1 Å². The molecule has 2 heteroatoms. The molecule has 1 saturated heterocycles. The average molecular weight is 247 g/mol. The molecule has 100 valence electrons. The van der Waals surface area contributed by atoms with Gasteiger partial charge in [0.15, 0.2) is 0 Å². The lowest BCUT2D eigenvalue weighted by Gasteiger charge is -2.30. The van der Waals surface area contributed by atoms with Crippen LogP contribution in [0.15, 0.2) is 24.3 Å². The maximum atomic E-state index is 5.79. The Kier molecular flexibility index (Phi) is 5.06. The van der Waals surface area contributed by atoms with E-state index in [0.717, 1.165) is 25.9 Å². The molecular formula is C16H25NO. The van der Waals surface area contributed by atoms with Crippen molar-refractivity contribution < 1.29 is 4.74 Å². The fraction of sp³-hybridized carbons (Fsp3) is 0.625. The third-order valence-corrected chi connectivity index (χ3v) is 3.68. The van der Waals surface area contributed by atoms with E-state index in [1.165, 1.54) is 24.1 Å². The minimum atomic E-state index is 0.454. The van der Waals surface area contributed by atoms with Crippen molar-refractivity contribution in [3.8, 4) is 0 Å². The Labute approximate surface area is 111 Å². The van der Waals surface area contributed by atoms with Crippen LogP contribution in [0.2, 0.25) is 0 Å². The number of hydrogen-bond acceptors (Lipinski definition) is 2. The summed E-state index contributed by atoms with van der Waals surface area (Å²) in [6, 6.07) is 9.34. The molecule has 2 nitrogen and oxygen atoms in total. The Balaban J connectivity index is 1.91. The van der Waals surface area contributed by atoms with Crippen molar-refractivity contribution in [1.29, 1.82) is 0 Å². The topological polar surface area (TPSA) is 21.3 Å². The highest BCUT2D eigenvalue weighted by Crippen LogP contribution is 2.22. The van der Waals surface area contributed by atoms with E-state index in [1.54, 1.807) is 0 Å². The first-order valence-electron chi connectivity index (χ1n) is 7.29. The summed E-state index contributed by atoms with van der Waals surface area (Å²) >= 11 is 0. The zero-order chi connectivity index (χ0) is 12.8. The van der Waals surface area contributed by atoms with Crippen molar-refractivity contribution in [2.45, 2.75) is 58.1 Å². The summed E-state index contributed by atoms with van der Waals surface area (Å²) in [5.41, 5.74) is 2.66. The van der Waals surface area contributed by atoms with Gasteiger partial charge in [0.05, 0.1) is 6.10 Å². The minimum absolute atomic E-state index is 0.454. The van der Waals surface area contributed by atoms with Crippen LogP contribution in [-0.2, 0) is 11.2 Å². The summed E-state index contributed by atoms with van der Waals surface area (Å²) in [4.78, 5) is 0. The molecule has 0 bridgehead atoms. The predicted octanol–water partition coefficient (Wildman–Crippen LogP) is 4.01. The monoisotopic (exact) mass is 247 g/mol. The molecule has 2 rings (SSSR count). The van der Waals surface area contributed by atoms with E-state index >= 15 is 0 Å². The molecule has 1 aliphatic heterocycles. The Bertz CT molecular complexity index is 362. The van der Waals surface area contributed by atoms with E-state index in [1.807, 2.05) is 0 Å². The van der Waals surface area contributed by atoms with Crippen LogP contribution in [0.4, 0.5) is 5.69 Å². The van der Waals surface area contributed by atoms with Gasteiger partial charge in [-0.25, -0.2) is 0 Å². The van der Waals surface area contributed by atoms with E-state index in [0.29, 0.717) is 12.1 Å². The van der Waals surface area contributed by atoms with E-state index < -0.39 is 0 Å². The Morgan fingerprint density at radius 1 is 1.33 bits per heavy atom. The Morgan fingerprint density at radius 3 is 3.00 bits per heavy atom. The molecule has 2 unspecified atom stereocenters. The highest BCUT2D eigenvalue weighted by atomic mass is 16.5. The average Bonchev–Trinajstić information content (AvgIpc) is 2.40. The van der Waals surface area contributed by atoms with Gasteiger partial charge >= 0.3 is 0 Å². The van der Waals surface area contributed by atoms with Gasteiger partial charge in [-0.15, -0.1) is 0 Å². The van der Waals surface area contributed by atoms with Gasteiger partial charge in [0.1, 0.15) is 0 Å². The number of ether oxygens (including phenoxy) is 1. The number of nitrogens with one attached hydrogen (secondary N) is 1. The molecule has 1 aliphatic rings. The molecule has 18 heavy (non-hydrogen) atoms. The fourth-order valence-corrected chi connectivity index (χ4v) is 2.65. The van der Waals surface area contributed by atoms with Gasteiger partial charge in [0, 0.05) is 18.3 Å². The maximum absolute atomic E-state index is 5.79. The summed E-state index contributed by atoms with van der Waals surface area (Å²) < 4.78 is 5.79. The molecular weight excluding hydrogens is 222 g/mol. The van der Waals surface area contributed by atoms with Crippen LogP contribution in [0.25, 0.3) is 0 Å². The summed E-state index contributed by atoms with van der Waals surface area (Å²) in [5.74, 6) is 0. The lowest BCUT2D eigenvalue weighted by atomic mass is 9.99. The zero-order valence-electron chi connectivity index (χ0n) is 11.6. The smallest absolute Gasteiger partial charge is 0.0594 e. The molecule has 1 heterocycles. The summed E-state index contributed by atoms with van der Waals surface area (Å²) in [7, 11) is 0. The standard InChI is InChI=1S/C16H25NO/c1-3-6-16-12-15(9-10-18-16)17-14-8-5-7-13(4-2)11-14/h5,7-8,11,15-17H,3-4,6,9-10,12H2,1-2H3. The number of anilines is 1. The molecule has 0 aromatic heterocycles. The van der Waals surface area contributed by atoms with Crippen molar-refractivity contribution >= 4 is 5.69 Å². The summed E-state index contributed by atoms with van der Waals surface area (Å²) in [5, 5.41) is 3.66. The van der Waals surface area contributed by atoms with Gasteiger partial charge in [-0.2, -0.15) is 0 Å². The molecule has 1 aromatic rings. The highest BCUT2D eigenvalue weighted by molar-refractivity contribution is 5.46. The van der Waals surface area contributed by atoms with Crippen LogP contribution in [0.3, 0.4) is 0 Å². The van der Waals surface area contributed by atoms with Crippen molar-refractivity contribution in [3.05, 3.63) is 29.8 Å². The second-order valence-electron chi connectivity index (χ2n) is 5.20. The van der Waals surface area contributed by atoms with Crippen molar-refractivity contribution in [3.63, 3.8) is 0 Å². The van der Waals surface area contributed by atoms with E-state index in [2.05, 4.69) is 43.4 Å². The third kappa shape index (κ3) is 3.74. The Hall–Kier alpha value is -1.02. The number of rotatable bonds is 5. The van der Waals surface area contributed by atoms with Gasteiger partial charge in [0.25, 0.3) is 0 Å². The lowest BCUT2D eigenvalue weighted by Crippen LogP contribution is -2.33. The molecule has 0 radical (unpaired) electrons. The first-order chi connectivity index (χ1) is 8.81. The largest absolute Gasteiger partial charge is 0.382 e. The molecule has 1 fully saturated rings. The van der Waals surface area contributed by atoms with Crippen LogP contribution < -0.4 is 5.32 Å². The van der Waals surface area contributed by atoms with Crippen LogP contribution in [0.5, 0.6) is 0 Å². The lowest BCUT2D eigenvalue weighted by molar-refractivity contribution is 0.00598. The van der Waals surface area contributed by atoms with Gasteiger partial charge in [-0.1, -0.05) is 32.4 Å². The van der Waals surface area contributed by atoms with Crippen molar-refractivity contribution in [2.24, 2.45) is 0 Å². The van der Waals surface area contributed by atoms with Crippen LogP contribution in [-0.4, -0.2) is 18.8 Å². The second kappa shape index (κ2) is 6.79. The van der Waals surface area contributed by atoms with Gasteiger partial charge in [0.2, 0.25) is 0 Å². The summed E-state index contributed by atoms with van der Waals surface area (Å²) in [6.07, 6.45) is 6.22. The molecule has 0 aliphatic carbocycles. The molecule has 2 atom stereocenters. The number of benzene rings is 1. The molecule has 1 aromatic carbocycles.